The first-order valence-electron chi connectivity index (χ1n) is 9.68. The zero-order chi connectivity index (χ0) is 23.5. The number of ether oxygens (including phenoxy) is 1. The van der Waals surface area contributed by atoms with Gasteiger partial charge < -0.3 is 20.7 Å². The van der Waals surface area contributed by atoms with E-state index in [1.807, 2.05) is 6.26 Å². The van der Waals surface area contributed by atoms with Crippen LogP contribution in [0.2, 0.25) is 5.02 Å². The molecule has 0 heterocycles. The van der Waals surface area contributed by atoms with Gasteiger partial charge in [0.05, 0.1) is 10.6 Å². The van der Waals surface area contributed by atoms with Crippen LogP contribution >= 0.6 is 23.4 Å². The minimum absolute atomic E-state index is 0.202. The molecule has 10 heteroatoms. The monoisotopic (exact) mass is 477 g/mol. The minimum atomic E-state index is -0.920. The Kier molecular flexibility index (Phi) is 10.0. The van der Waals surface area contributed by atoms with Gasteiger partial charge in [-0.3, -0.25) is 14.4 Å². The molecule has 32 heavy (non-hydrogen) atoms. The lowest BCUT2D eigenvalue weighted by atomic mass is 10.1. The summed E-state index contributed by atoms with van der Waals surface area (Å²) in [5.74, 6) is -1.34. The van der Waals surface area contributed by atoms with Gasteiger partial charge in [-0.2, -0.15) is 11.8 Å². The first-order chi connectivity index (χ1) is 15.3. The average Bonchev–Trinajstić information content (AvgIpc) is 2.76. The molecule has 3 amide bonds. The summed E-state index contributed by atoms with van der Waals surface area (Å²) in [5.41, 5.74) is 1.32. The van der Waals surface area contributed by atoms with Crippen LogP contribution in [0.1, 0.15) is 23.7 Å². The minimum Gasteiger partial charge on any atom is -0.454 e. The number of benzene rings is 2. The number of rotatable bonds is 10. The molecule has 0 fully saturated rings. The van der Waals surface area contributed by atoms with Gasteiger partial charge in [0.25, 0.3) is 11.8 Å². The van der Waals surface area contributed by atoms with Gasteiger partial charge in [0.2, 0.25) is 5.91 Å². The zero-order valence-electron chi connectivity index (χ0n) is 17.6. The third-order valence-corrected chi connectivity index (χ3v) is 5.13. The van der Waals surface area contributed by atoms with Gasteiger partial charge in [0, 0.05) is 18.3 Å². The van der Waals surface area contributed by atoms with Crippen molar-refractivity contribution in [1.82, 2.24) is 5.32 Å². The fraction of sp³-hybridized carbons (Fsp3) is 0.273. The summed E-state index contributed by atoms with van der Waals surface area (Å²) in [6.07, 6.45) is 2.21. The lowest BCUT2D eigenvalue weighted by Gasteiger charge is -2.17. The Bertz CT molecular complexity index is 968. The van der Waals surface area contributed by atoms with Crippen molar-refractivity contribution in [2.24, 2.45) is 0 Å². The smallest absolute Gasteiger partial charge is 0.329 e. The maximum Gasteiger partial charge on any atom is 0.329 e. The van der Waals surface area contributed by atoms with Gasteiger partial charge in [-0.05, 0) is 54.8 Å². The molecular weight excluding hydrogens is 454 g/mol. The summed E-state index contributed by atoms with van der Waals surface area (Å²) >= 11 is 7.56. The van der Waals surface area contributed by atoms with Crippen LogP contribution in [-0.2, 0) is 19.1 Å². The highest BCUT2D eigenvalue weighted by Crippen LogP contribution is 2.16. The maximum absolute atomic E-state index is 12.5. The third kappa shape index (κ3) is 8.24. The second-order valence-electron chi connectivity index (χ2n) is 6.70. The van der Waals surface area contributed by atoms with Gasteiger partial charge in [-0.1, -0.05) is 23.7 Å². The predicted molar refractivity (Wildman–Crippen MR) is 126 cm³/mol. The molecule has 0 aliphatic rings. The number of nitrogens with one attached hydrogen (secondary N) is 3. The molecule has 170 valence electrons. The first-order valence-corrected chi connectivity index (χ1v) is 11.5. The molecule has 0 radical (unpaired) electrons. The summed E-state index contributed by atoms with van der Waals surface area (Å²) in [6, 6.07) is 12.1. The number of amides is 3. The van der Waals surface area contributed by atoms with Crippen LogP contribution in [0.3, 0.4) is 0 Å². The summed E-state index contributed by atoms with van der Waals surface area (Å²) in [4.78, 5) is 48.2. The van der Waals surface area contributed by atoms with Gasteiger partial charge >= 0.3 is 5.97 Å². The van der Waals surface area contributed by atoms with E-state index in [-0.39, 0.29) is 16.5 Å². The highest BCUT2D eigenvalue weighted by Gasteiger charge is 2.24. The van der Waals surface area contributed by atoms with E-state index in [2.05, 4.69) is 16.0 Å². The number of halogens is 1. The number of esters is 1. The van der Waals surface area contributed by atoms with Crippen molar-refractivity contribution in [2.45, 2.75) is 19.4 Å². The van der Waals surface area contributed by atoms with E-state index < -0.39 is 30.4 Å². The van der Waals surface area contributed by atoms with Crippen LogP contribution in [0, 0.1) is 0 Å². The van der Waals surface area contributed by atoms with Gasteiger partial charge in [0.15, 0.2) is 6.61 Å². The Morgan fingerprint density at radius 1 is 1.00 bits per heavy atom. The van der Waals surface area contributed by atoms with Crippen LogP contribution in [0.4, 0.5) is 11.4 Å². The molecule has 0 saturated heterocycles. The standard InChI is InChI=1S/C22H24ClN3O5S/c1-14(27)24-15-7-9-16(10-8-15)25-20(28)13-31-22(30)19(11-12-32-2)26-21(29)17-5-3-4-6-18(17)23/h3-10,19H,11-13H2,1-2H3,(H,24,27)(H,25,28)(H,26,29). The van der Waals surface area contributed by atoms with E-state index >= 15 is 0 Å². The van der Waals surface area contributed by atoms with E-state index in [9.17, 15) is 19.2 Å². The van der Waals surface area contributed by atoms with Crippen LogP contribution in [-0.4, -0.2) is 48.3 Å². The Morgan fingerprint density at radius 3 is 2.22 bits per heavy atom. The summed E-state index contributed by atoms with van der Waals surface area (Å²) in [7, 11) is 0. The van der Waals surface area contributed by atoms with E-state index in [4.69, 9.17) is 16.3 Å². The molecular formula is C22H24ClN3O5S. The van der Waals surface area contributed by atoms with Crippen molar-refractivity contribution >= 4 is 58.4 Å². The van der Waals surface area contributed by atoms with E-state index in [0.29, 0.717) is 23.5 Å². The number of carbonyl (C=O) groups is 4. The number of carbonyl (C=O) groups excluding carboxylic acids is 4. The molecule has 1 atom stereocenters. The molecule has 3 N–H and O–H groups in total. The summed E-state index contributed by atoms with van der Waals surface area (Å²) in [6.45, 7) is 0.886. The highest BCUT2D eigenvalue weighted by molar-refractivity contribution is 7.98. The molecule has 0 aliphatic carbocycles. The van der Waals surface area contributed by atoms with Crippen molar-refractivity contribution in [3.8, 4) is 0 Å². The van der Waals surface area contributed by atoms with Crippen molar-refractivity contribution in [3.63, 3.8) is 0 Å². The van der Waals surface area contributed by atoms with Gasteiger partial charge in [-0.15, -0.1) is 0 Å². The topological polar surface area (TPSA) is 114 Å². The second-order valence-corrected chi connectivity index (χ2v) is 8.09. The lowest BCUT2D eigenvalue weighted by molar-refractivity contribution is -0.149. The Hall–Kier alpha value is -3.04. The first kappa shape index (κ1) is 25.2. The lowest BCUT2D eigenvalue weighted by Crippen LogP contribution is -2.43. The molecule has 0 aromatic heterocycles. The quantitative estimate of drug-likeness (QED) is 0.452. The van der Waals surface area contributed by atoms with Crippen molar-refractivity contribution in [3.05, 3.63) is 59.1 Å². The van der Waals surface area contributed by atoms with E-state index in [1.165, 1.54) is 18.7 Å². The highest BCUT2D eigenvalue weighted by atomic mass is 35.5. The predicted octanol–water partition coefficient (Wildman–Crippen LogP) is 3.33. The Morgan fingerprint density at radius 2 is 1.62 bits per heavy atom. The van der Waals surface area contributed by atoms with E-state index in [0.717, 1.165) is 0 Å². The molecule has 0 saturated carbocycles. The Balaban J connectivity index is 1.91. The number of hydrogen-bond acceptors (Lipinski definition) is 6. The molecule has 2 aromatic rings. The Labute approximate surface area is 195 Å². The second kappa shape index (κ2) is 12.7. The van der Waals surface area contributed by atoms with Gasteiger partial charge in [0.1, 0.15) is 6.04 Å². The SMILES string of the molecule is CSCCC(NC(=O)c1ccccc1Cl)C(=O)OCC(=O)Nc1ccc(NC(C)=O)cc1. The van der Waals surface area contributed by atoms with Crippen molar-refractivity contribution in [1.29, 1.82) is 0 Å². The van der Waals surface area contributed by atoms with Crippen LogP contribution < -0.4 is 16.0 Å². The molecule has 2 aromatic carbocycles. The van der Waals surface area contributed by atoms with Crippen molar-refractivity contribution in [2.75, 3.05) is 29.2 Å². The average molecular weight is 478 g/mol. The third-order valence-electron chi connectivity index (χ3n) is 4.15. The van der Waals surface area contributed by atoms with Gasteiger partial charge in [-0.25, -0.2) is 4.79 Å². The van der Waals surface area contributed by atoms with E-state index in [1.54, 1.807) is 48.5 Å². The molecule has 0 aliphatic heterocycles. The summed E-state index contributed by atoms with van der Waals surface area (Å²) in [5, 5.41) is 8.11. The normalized spacial score (nSPS) is 11.2. The van der Waals surface area contributed by atoms with Crippen molar-refractivity contribution < 1.29 is 23.9 Å². The molecule has 1 unspecified atom stereocenters. The number of thioether (sulfide) groups is 1. The fourth-order valence-electron chi connectivity index (χ4n) is 2.64. The largest absolute Gasteiger partial charge is 0.454 e. The maximum atomic E-state index is 12.5. The molecule has 0 bridgehead atoms. The molecule has 8 nitrogen and oxygen atoms in total. The van der Waals surface area contributed by atoms with Crippen LogP contribution in [0.5, 0.6) is 0 Å². The van der Waals surface area contributed by atoms with Crippen LogP contribution in [0.25, 0.3) is 0 Å². The molecule has 2 rings (SSSR count). The molecule has 0 spiro atoms. The number of anilines is 2. The fourth-order valence-corrected chi connectivity index (χ4v) is 3.33. The zero-order valence-corrected chi connectivity index (χ0v) is 19.2. The van der Waals surface area contributed by atoms with Crippen LogP contribution in [0.15, 0.2) is 48.5 Å². The summed E-state index contributed by atoms with van der Waals surface area (Å²) < 4.78 is 5.11. The number of hydrogen-bond donors (Lipinski definition) is 3.